The molecule has 3 aromatic rings. The third-order valence-electron chi connectivity index (χ3n) is 3.86. The molecule has 0 spiro atoms. The number of halogens is 1. The van der Waals surface area contributed by atoms with Gasteiger partial charge in [0.05, 0.1) is 30.0 Å². The Morgan fingerprint density at radius 3 is 2.76 bits per heavy atom. The number of para-hydroxylation sites is 1. The van der Waals surface area contributed by atoms with Crippen LogP contribution >= 0.6 is 11.6 Å². The van der Waals surface area contributed by atoms with E-state index in [1.807, 2.05) is 0 Å². The van der Waals surface area contributed by atoms with Crippen LogP contribution in [0.2, 0.25) is 5.02 Å². The molecule has 9 heteroatoms. The Bertz CT molecular complexity index is 1060. The Hall–Kier alpha value is -3.83. The van der Waals surface area contributed by atoms with Crippen LogP contribution in [0.25, 0.3) is 5.69 Å². The van der Waals surface area contributed by atoms with Crippen molar-refractivity contribution in [3.8, 4) is 18.0 Å². The third-order valence-corrected chi connectivity index (χ3v) is 4.10. The number of amides is 2. The molecule has 0 radical (unpaired) electrons. The Balaban J connectivity index is 1.70. The van der Waals surface area contributed by atoms with E-state index in [1.165, 1.54) is 17.3 Å². The summed E-state index contributed by atoms with van der Waals surface area (Å²) in [5, 5.41) is 12.9. The number of carbonyl (C=O) groups excluding carboxylic acids is 2. The zero-order chi connectivity index (χ0) is 20.6. The number of rotatable bonds is 7. The van der Waals surface area contributed by atoms with Crippen LogP contribution in [0.1, 0.15) is 10.4 Å². The van der Waals surface area contributed by atoms with E-state index in [4.69, 9.17) is 18.0 Å². The molecule has 0 aliphatic heterocycles. The number of carbonyl (C=O) groups is 2. The highest BCUT2D eigenvalue weighted by Gasteiger charge is 2.13. The lowest BCUT2D eigenvalue weighted by atomic mass is 10.1. The van der Waals surface area contributed by atoms with Gasteiger partial charge in [0, 0.05) is 10.7 Å². The van der Waals surface area contributed by atoms with Crippen molar-refractivity contribution >= 4 is 34.8 Å². The fraction of sp³-hybridized carbons (Fsp3) is 0.100. The van der Waals surface area contributed by atoms with Gasteiger partial charge in [-0.15, -0.1) is 6.42 Å². The third kappa shape index (κ3) is 5.12. The van der Waals surface area contributed by atoms with Gasteiger partial charge < -0.3 is 16.0 Å². The number of terminal acetylenes is 1. The Kier molecular flexibility index (Phi) is 6.45. The van der Waals surface area contributed by atoms with Gasteiger partial charge in [0.15, 0.2) is 0 Å². The molecule has 0 fully saturated rings. The Morgan fingerprint density at radius 1 is 1.17 bits per heavy atom. The van der Waals surface area contributed by atoms with Crippen LogP contribution in [-0.2, 0) is 4.79 Å². The minimum atomic E-state index is -0.326. The first-order valence-electron chi connectivity index (χ1n) is 8.57. The van der Waals surface area contributed by atoms with Gasteiger partial charge in [0.2, 0.25) is 5.91 Å². The summed E-state index contributed by atoms with van der Waals surface area (Å²) in [5.74, 6) is 1.70. The summed E-state index contributed by atoms with van der Waals surface area (Å²) in [6.07, 6.45) is 8.08. The molecule has 0 saturated carbocycles. The summed E-state index contributed by atoms with van der Waals surface area (Å²) in [6.45, 7) is 0.0518. The number of anilines is 2. The molecule has 1 aromatic heterocycles. The second-order valence-corrected chi connectivity index (χ2v) is 6.27. The molecule has 3 rings (SSSR count). The zero-order valence-electron chi connectivity index (χ0n) is 15.2. The first kappa shape index (κ1) is 19.9. The number of aromatic nitrogens is 3. The molecule has 0 saturated heterocycles. The van der Waals surface area contributed by atoms with Crippen LogP contribution in [-0.4, -0.2) is 39.7 Å². The lowest BCUT2D eigenvalue weighted by molar-refractivity contribution is -0.114. The topological polar surface area (TPSA) is 101 Å². The fourth-order valence-electron chi connectivity index (χ4n) is 2.57. The van der Waals surface area contributed by atoms with Crippen LogP contribution in [0.5, 0.6) is 0 Å². The first-order valence-corrected chi connectivity index (χ1v) is 8.95. The molecular weight excluding hydrogens is 392 g/mol. The molecule has 3 N–H and O–H groups in total. The highest BCUT2D eigenvalue weighted by Crippen LogP contribution is 2.24. The second-order valence-electron chi connectivity index (χ2n) is 5.84. The average Bonchev–Trinajstić information content (AvgIpc) is 3.25. The normalized spacial score (nSPS) is 10.1. The lowest BCUT2D eigenvalue weighted by Gasteiger charge is -2.14. The number of hydrogen-bond acceptors (Lipinski definition) is 5. The maximum Gasteiger partial charge on any atom is 0.254 e. The van der Waals surface area contributed by atoms with Crippen molar-refractivity contribution in [1.82, 2.24) is 20.1 Å². The Morgan fingerprint density at radius 2 is 2.00 bits per heavy atom. The summed E-state index contributed by atoms with van der Waals surface area (Å²) >= 11 is 6.06. The van der Waals surface area contributed by atoms with Gasteiger partial charge >= 0.3 is 0 Å². The van der Waals surface area contributed by atoms with Gasteiger partial charge in [-0.2, -0.15) is 5.10 Å². The minimum absolute atomic E-state index is 0.0667. The van der Waals surface area contributed by atoms with Gasteiger partial charge in [0.25, 0.3) is 5.91 Å². The SMILES string of the molecule is C#CCNC(=O)c1ccccc1NCC(=O)Nc1cc(Cl)ccc1-n1cncn1. The van der Waals surface area contributed by atoms with E-state index in [9.17, 15) is 9.59 Å². The van der Waals surface area contributed by atoms with Gasteiger partial charge in [-0.1, -0.05) is 29.7 Å². The summed E-state index contributed by atoms with van der Waals surface area (Å²) < 4.78 is 1.52. The molecule has 8 nitrogen and oxygen atoms in total. The standard InChI is InChI=1S/C20H17ClN6O2/c1-2-9-23-20(29)15-5-3-4-6-16(15)24-11-19(28)26-17-10-14(21)7-8-18(17)27-13-22-12-25-27/h1,3-8,10,12-13,24H,9,11H2,(H,23,29)(H,26,28). The van der Waals surface area contributed by atoms with Gasteiger partial charge in [-0.25, -0.2) is 9.67 Å². The van der Waals surface area contributed by atoms with E-state index in [-0.39, 0.29) is 24.9 Å². The van der Waals surface area contributed by atoms with Crippen molar-refractivity contribution in [3.05, 3.63) is 65.7 Å². The van der Waals surface area contributed by atoms with Crippen molar-refractivity contribution in [3.63, 3.8) is 0 Å². The first-order chi connectivity index (χ1) is 14.1. The van der Waals surface area contributed by atoms with Crippen molar-refractivity contribution in [2.45, 2.75) is 0 Å². The lowest BCUT2D eigenvalue weighted by Crippen LogP contribution is -2.26. The Labute approximate surface area is 172 Å². The second kappa shape index (κ2) is 9.39. The molecule has 2 amide bonds. The van der Waals surface area contributed by atoms with Gasteiger partial charge in [0.1, 0.15) is 12.7 Å². The van der Waals surface area contributed by atoms with Crippen LogP contribution in [0.15, 0.2) is 55.1 Å². The van der Waals surface area contributed by atoms with Crippen LogP contribution in [0, 0.1) is 12.3 Å². The highest BCUT2D eigenvalue weighted by molar-refractivity contribution is 6.31. The zero-order valence-corrected chi connectivity index (χ0v) is 16.0. The number of hydrogen-bond donors (Lipinski definition) is 3. The van der Waals surface area contributed by atoms with E-state index < -0.39 is 0 Å². The van der Waals surface area contributed by atoms with Crippen molar-refractivity contribution in [2.75, 3.05) is 23.7 Å². The van der Waals surface area contributed by atoms with E-state index in [0.29, 0.717) is 27.6 Å². The van der Waals surface area contributed by atoms with E-state index in [2.05, 4.69) is 32.0 Å². The number of benzene rings is 2. The molecule has 0 aliphatic carbocycles. The molecular formula is C20H17ClN6O2. The smallest absolute Gasteiger partial charge is 0.254 e. The van der Waals surface area contributed by atoms with Gasteiger partial charge in [-0.3, -0.25) is 9.59 Å². The molecule has 29 heavy (non-hydrogen) atoms. The summed E-state index contributed by atoms with van der Waals surface area (Å²) in [6, 6.07) is 11.9. The fourth-order valence-corrected chi connectivity index (χ4v) is 2.74. The molecule has 146 valence electrons. The minimum Gasteiger partial charge on any atom is -0.376 e. The summed E-state index contributed by atoms with van der Waals surface area (Å²) in [5.41, 5.74) is 2.01. The predicted octanol–water partition coefficient (Wildman–Crippen LogP) is 2.33. The summed E-state index contributed by atoms with van der Waals surface area (Å²) in [7, 11) is 0. The monoisotopic (exact) mass is 408 g/mol. The molecule has 0 unspecified atom stereocenters. The molecule has 0 atom stereocenters. The summed E-state index contributed by atoms with van der Waals surface area (Å²) in [4.78, 5) is 28.6. The van der Waals surface area contributed by atoms with Crippen molar-refractivity contribution in [1.29, 1.82) is 0 Å². The van der Waals surface area contributed by atoms with E-state index in [0.717, 1.165) is 0 Å². The highest BCUT2D eigenvalue weighted by atomic mass is 35.5. The molecule has 1 heterocycles. The van der Waals surface area contributed by atoms with Crippen LogP contribution < -0.4 is 16.0 Å². The molecule has 2 aromatic carbocycles. The largest absolute Gasteiger partial charge is 0.376 e. The predicted molar refractivity (Wildman–Crippen MR) is 111 cm³/mol. The maximum absolute atomic E-state index is 12.5. The van der Waals surface area contributed by atoms with Crippen molar-refractivity contribution < 1.29 is 9.59 Å². The number of nitrogens with one attached hydrogen (secondary N) is 3. The van der Waals surface area contributed by atoms with Crippen LogP contribution in [0.4, 0.5) is 11.4 Å². The number of nitrogens with zero attached hydrogens (tertiary/aromatic N) is 3. The van der Waals surface area contributed by atoms with E-state index in [1.54, 1.807) is 42.5 Å². The maximum atomic E-state index is 12.5. The van der Waals surface area contributed by atoms with Gasteiger partial charge in [-0.05, 0) is 30.3 Å². The average molecular weight is 409 g/mol. The van der Waals surface area contributed by atoms with Crippen LogP contribution in [0.3, 0.4) is 0 Å². The quantitative estimate of drug-likeness (QED) is 0.521. The molecule has 0 aliphatic rings. The molecule has 0 bridgehead atoms. The van der Waals surface area contributed by atoms with E-state index >= 15 is 0 Å². The van der Waals surface area contributed by atoms with Crippen molar-refractivity contribution in [2.24, 2.45) is 0 Å².